The van der Waals surface area contributed by atoms with Crippen LogP contribution in [0.4, 0.5) is 0 Å². The smallest absolute Gasteiger partial charge is 0.324 e. The van der Waals surface area contributed by atoms with Gasteiger partial charge < -0.3 is 9.79 Å². The molecule has 60 valence electrons. The summed E-state index contributed by atoms with van der Waals surface area (Å²) >= 11 is 0. The van der Waals surface area contributed by atoms with Gasteiger partial charge in [0.15, 0.2) is 0 Å². The fourth-order valence-electron chi connectivity index (χ4n) is 0.205. The number of carbonyl (C=O) groups excluding carboxylic acids is 1. The van der Waals surface area contributed by atoms with Gasteiger partial charge in [0.05, 0.1) is 0 Å². The average Bonchev–Trinajstić information content (AvgIpc) is 1.62. The van der Waals surface area contributed by atoms with Gasteiger partial charge >= 0.3 is 7.60 Å². The normalized spacial score (nSPS) is 13.3. The number of Topliss-reactive ketones (excluding diaryl/α,β-unsaturated/α-hetero) is 1. The largest absolute Gasteiger partial charge is 0.338 e. The van der Waals surface area contributed by atoms with Crippen molar-refractivity contribution in [3.05, 3.63) is 0 Å². The third kappa shape index (κ3) is 1.66. The molecule has 0 atom stereocenters. The van der Waals surface area contributed by atoms with Gasteiger partial charge in [0.2, 0.25) is 0 Å². The van der Waals surface area contributed by atoms with Gasteiger partial charge in [-0.25, -0.2) is 0 Å². The lowest BCUT2D eigenvalue weighted by Gasteiger charge is -2.21. The van der Waals surface area contributed by atoms with Crippen molar-refractivity contribution in [2.24, 2.45) is 0 Å². The molecular formula is C5H11O4P. The molecule has 0 saturated carbocycles. The summed E-state index contributed by atoms with van der Waals surface area (Å²) < 4.78 is 10.6. The Kier molecular flexibility index (Phi) is 2.41. The van der Waals surface area contributed by atoms with Gasteiger partial charge in [-0.05, 0) is 20.8 Å². The van der Waals surface area contributed by atoms with Gasteiger partial charge in [0.25, 0.3) is 0 Å². The quantitative estimate of drug-likeness (QED) is 0.587. The lowest BCUT2D eigenvalue weighted by molar-refractivity contribution is -0.119. The second-order valence-electron chi connectivity index (χ2n) is 2.66. The van der Waals surface area contributed by atoms with Crippen molar-refractivity contribution in [2.75, 3.05) is 0 Å². The van der Waals surface area contributed by atoms with Gasteiger partial charge in [-0.15, -0.1) is 0 Å². The first kappa shape index (κ1) is 9.82. The molecule has 0 saturated heterocycles. The minimum Gasteiger partial charge on any atom is -0.324 e. The predicted molar refractivity (Wildman–Crippen MR) is 36.8 cm³/mol. The van der Waals surface area contributed by atoms with Gasteiger partial charge in [0, 0.05) is 0 Å². The van der Waals surface area contributed by atoms with Crippen LogP contribution in [0, 0.1) is 0 Å². The molecule has 0 heterocycles. The zero-order valence-electron chi connectivity index (χ0n) is 6.16. The van der Waals surface area contributed by atoms with E-state index in [-0.39, 0.29) is 0 Å². The molecular weight excluding hydrogens is 155 g/mol. The van der Waals surface area contributed by atoms with Crippen LogP contribution in [0.1, 0.15) is 20.8 Å². The Bertz CT molecular complexity index is 190. The summed E-state index contributed by atoms with van der Waals surface area (Å²) in [5, 5.41) is -1.53. The Labute approximate surface area is 59.4 Å². The van der Waals surface area contributed by atoms with Crippen LogP contribution < -0.4 is 0 Å². The molecule has 0 amide bonds. The standard InChI is InChI=1S/C5H11O4P/c1-4(6)5(2,3)10(7,8)9/h1-3H3,(H2,7,8,9). The Morgan fingerprint density at radius 3 is 1.70 bits per heavy atom. The van der Waals surface area contributed by atoms with E-state index in [9.17, 15) is 9.36 Å². The van der Waals surface area contributed by atoms with E-state index in [1.165, 1.54) is 20.8 Å². The van der Waals surface area contributed by atoms with Gasteiger partial charge in [-0.3, -0.25) is 9.36 Å². The number of hydrogen-bond donors (Lipinski definition) is 2. The van der Waals surface area contributed by atoms with Crippen molar-refractivity contribution in [1.82, 2.24) is 0 Å². The molecule has 2 N–H and O–H groups in total. The molecule has 0 aromatic carbocycles. The van der Waals surface area contributed by atoms with Gasteiger partial charge in [0.1, 0.15) is 10.9 Å². The summed E-state index contributed by atoms with van der Waals surface area (Å²) in [6.07, 6.45) is 0. The van der Waals surface area contributed by atoms with Crippen LogP contribution in [-0.4, -0.2) is 20.7 Å². The third-order valence-corrected chi connectivity index (χ3v) is 3.36. The van der Waals surface area contributed by atoms with Crippen molar-refractivity contribution < 1.29 is 19.1 Å². The van der Waals surface area contributed by atoms with Crippen LogP contribution in [0.3, 0.4) is 0 Å². The summed E-state index contributed by atoms with van der Waals surface area (Å²) in [5.41, 5.74) is 0. The van der Waals surface area contributed by atoms with Crippen LogP contribution in [-0.2, 0) is 9.36 Å². The van der Waals surface area contributed by atoms with E-state index < -0.39 is 18.5 Å². The highest BCUT2D eigenvalue weighted by molar-refractivity contribution is 7.54. The highest BCUT2D eigenvalue weighted by Crippen LogP contribution is 2.50. The number of hydrogen-bond acceptors (Lipinski definition) is 2. The lowest BCUT2D eigenvalue weighted by atomic mass is 10.1. The van der Waals surface area contributed by atoms with Gasteiger partial charge in [-0.2, -0.15) is 0 Å². The van der Waals surface area contributed by atoms with E-state index >= 15 is 0 Å². The molecule has 0 aromatic heterocycles. The fraction of sp³-hybridized carbons (Fsp3) is 0.800. The van der Waals surface area contributed by atoms with E-state index in [4.69, 9.17) is 9.79 Å². The van der Waals surface area contributed by atoms with Crippen molar-refractivity contribution in [1.29, 1.82) is 0 Å². The van der Waals surface area contributed by atoms with Crippen LogP contribution in [0.15, 0.2) is 0 Å². The van der Waals surface area contributed by atoms with E-state index in [0.717, 1.165) is 0 Å². The van der Waals surface area contributed by atoms with Crippen molar-refractivity contribution in [3.63, 3.8) is 0 Å². The topological polar surface area (TPSA) is 74.6 Å². The fourth-order valence-corrected chi connectivity index (χ4v) is 0.615. The number of carbonyl (C=O) groups is 1. The minimum atomic E-state index is -4.27. The number of rotatable bonds is 2. The summed E-state index contributed by atoms with van der Waals surface area (Å²) in [6, 6.07) is 0. The summed E-state index contributed by atoms with van der Waals surface area (Å²) in [7, 11) is -4.27. The zero-order chi connectivity index (χ0) is 8.58. The molecule has 0 rings (SSSR count). The highest BCUT2D eigenvalue weighted by Gasteiger charge is 2.41. The molecule has 0 aliphatic rings. The first-order valence-electron chi connectivity index (χ1n) is 2.76. The van der Waals surface area contributed by atoms with E-state index in [2.05, 4.69) is 0 Å². The maximum Gasteiger partial charge on any atom is 0.338 e. The molecule has 0 bridgehead atoms. The summed E-state index contributed by atoms with van der Waals surface area (Å²) in [5.74, 6) is -0.499. The summed E-state index contributed by atoms with van der Waals surface area (Å²) in [6.45, 7) is 3.63. The van der Waals surface area contributed by atoms with Crippen LogP contribution in [0.2, 0.25) is 0 Å². The molecule has 0 unspecified atom stereocenters. The SMILES string of the molecule is CC(=O)C(C)(C)P(=O)(O)O. The second kappa shape index (κ2) is 2.46. The maximum absolute atomic E-state index is 10.6. The predicted octanol–water partition coefficient (Wildman–Crippen LogP) is 0.532. The lowest BCUT2D eigenvalue weighted by Crippen LogP contribution is -2.28. The molecule has 0 radical (unpaired) electrons. The molecule has 0 spiro atoms. The average molecular weight is 166 g/mol. The zero-order valence-corrected chi connectivity index (χ0v) is 7.05. The Balaban J connectivity index is 4.75. The van der Waals surface area contributed by atoms with E-state index in [1.54, 1.807) is 0 Å². The first-order valence-corrected chi connectivity index (χ1v) is 4.37. The van der Waals surface area contributed by atoms with Crippen LogP contribution in [0.25, 0.3) is 0 Å². The van der Waals surface area contributed by atoms with E-state index in [0.29, 0.717) is 0 Å². The van der Waals surface area contributed by atoms with Crippen molar-refractivity contribution in [2.45, 2.75) is 25.9 Å². The van der Waals surface area contributed by atoms with Crippen molar-refractivity contribution >= 4 is 13.4 Å². The maximum atomic E-state index is 10.6. The molecule has 0 aliphatic heterocycles. The molecule has 10 heavy (non-hydrogen) atoms. The molecule has 0 aromatic rings. The summed E-state index contributed by atoms with van der Waals surface area (Å²) in [4.78, 5) is 27.8. The minimum absolute atomic E-state index is 0.499. The Morgan fingerprint density at radius 2 is 1.70 bits per heavy atom. The van der Waals surface area contributed by atoms with E-state index in [1.807, 2.05) is 0 Å². The van der Waals surface area contributed by atoms with Gasteiger partial charge in [-0.1, -0.05) is 0 Å². The monoisotopic (exact) mass is 166 g/mol. The number of ketones is 1. The molecule has 0 aliphatic carbocycles. The Hall–Kier alpha value is -0.180. The highest BCUT2D eigenvalue weighted by atomic mass is 31.2. The van der Waals surface area contributed by atoms with Crippen molar-refractivity contribution in [3.8, 4) is 0 Å². The molecule has 4 nitrogen and oxygen atoms in total. The first-order chi connectivity index (χ1) is 4.19. The molecule has 5 heteroatoms. The third-order valence-electron chi connectivity index (χ3n) is 1.59. The second-order valence-corrected chi connectivity index (χ2v) is 4.87. The van der Waals surface area contributed by atoms with Crippen LogP contribution in [0.5, 0.6) is 0 Å². The van der Waals surface area contributed by atoms with Crippen LogP contribution >= 0.6 is 7.60 Å². The Morgan fingerprint density at radius 1 is 1.40 bits per heavy atom. The molecule has 0 fully saturated rings.